The standard InChI is InChI=1S/C33H40/c1-23-20-26(24-14-10-8-11-15-24)21-28-29(22-27(23)25-16-12-9-13-17-25)31(33(5,6)7)19-18-30(28)32(2,3)4/h8-20,23,27H,21-22H2,1-7H3/t23-,27?/m0/s1. The molecule has 0 fully saturated rings. The minimum Gasteiger partial charge on any atom is -0.0769 e. The molecule has 3 aromatic rings. The van der Waals surface area contributed by atoms with Gasteiger partial charge in [-0.2, -0.15) is 0 Å². The van der Waals surface area contributed by atoms with E-state index < -0.39 is 0 Å². The normalized spacial score (nSPS) is 19.3. The van der Waals surface area contributed by atoms with Crippen molar-refractivity contribution >= 4 is 5.57 Å². The van der Waals surface area contributed by atoms with Crippen molar-refractivity contribution in [2.45, 2.75) is 78.1 Å². The van der Waals surface area contributed by atoms with E-state index in [-0.39, 0.29) is 10.8 Å². The van der Waals surface area contributed by atoms with Gasteiger partial charge in [0.1, 0.15) is 0 Å². The van der Waals surface area contributed by atoms with E-state index >= 15 is 0 Å². The van der Waals surface area contributed by atoms with Crippen molar-refractivity contribution in [2.75, 3.05) is 0 Å². The molecule has 1 aliphatic carbocycles. The molecule has 0 bridgehead atoms. The molecule has 0 aliphatic heterocycles. The van der Waals surface area contributed by atoms with E-state index in [2.05, 4.69) is 127 Å². The fourth-order valence-electron chi connectivity index (χ4n) is 5.59. The van der Waals surface area contributed by atoms with Gasteiger partial charge in [-0.3, -0.25) is 0 Å². The van der Waals surface area contributed by atoms with Crippen LogP contribution in [0.15, 0.2) is 78.9 Å². The number of rotatable bonds is 2. The van der Waals surface area contributed by atoms with E-state index in [1.165, 1.54) is 27.8 Å². The van der Waals surface area contributed by atoms with E-state index in [4.69, 9.17) is 0 Å². The summed E-state index contributed by atoms with van der Waals surface area (Å²) in [6.07, 6.45) is 4.66. The molecule has 1 aliphatic rings. The molecule has 0 radical (unpaired) electrons. The molecule has 0 aromatic heterocycles. The largest absolute Gasteiger partial charge is 0.0769 e. The first-order valence-electron chi connectivity index (χ1n) is 12.5. The van der Waals surface area contributed by atoms with E-state index in [0.717, 1.165) is 12.8 Å². The minimum atomic E-state index is 0.107. The van der Waals surface area contributed by atoms with Crippen molar-refractivity contribution in [3.8, 4) is 0 Å². The van der Waals surface area contributed by atoms with Crippen molar-refractivity contribution in [1.29, 1.82) is 0 Å². The Bertz CT molecular complexity index is 1120. The van der Waals surface area contributed by atoms with E-state index in [9.17, 15) is 0 Å². The highest BCUT2D eigenvalue weighted by Crippen LogP contribution is 2.43. The summed E-state index contributed by atoms with van der Waals surface area (Å²) in [4.78, 5) is 0. The molecule has 4 rings (SSSR count). The highest BCUT2D eigenvalue weighted by Gasteiger charge is 2.31. The monoisotopic (exact) mass is 436 g/mol. The maximum atomic E-state index is 2.56. The Morgan fingerprint density at radius 3 is 1.70 bits per heavy atom. The summed E-state index contributed by atoms with van der Waals surface area (Å²) >= 11 is 0. The molecule has 0 heteroatoms. The van der Waals surface area contributed by atoms with E-state index in [1.54, 1.807) is 11.1 Å². The van der Waals surface area contributed by atoms with Crippen molar-refractivity contribution in [2.24, 2.45) is 5.92 Å². The second-order valence-corrected chi connectivity index (χ2v) is 11.9. The highest BCUT2D eigenvalue weighted by molar-refractivity contribution is 5.70. The average Bonchev–Trinajstić information content (AvgIpc) is 2.75. The average molecular weight is 437 g/mol. The van der Waals surface area contributed by atoms with Crippen molar-refractivity contribution in [3.63, 3.8) is 0 Å². The number of fused-ring (bicyclic) bond motifs is 1. The summed E-state index contributed by atoms with van der Waals surface area (Å²) in [6.45, 7) is 16.6. The summed E-state index contributed by atoms with van der Waals surface area (Å²) in [6, 6.07) is 27.0. The molecule has 0 saturated heterocycles. The van der Waals surface area contributed by atoms with E-state index in [1.807, 2.05) is 0 Å². The Balaban J connectivity index is 2.01. The summed E-state index contributed by atoms with van der Waals surface area (Å²) in [7, 11) is 0. The van der Waals surface area contributed by atoms with Gasteiger partial charge in [-0.05, 0) is 74.5 Å². The van der Waals surface area contributed by atoms with Gasteiger partial charge < -0.3 is 0 Å². The fourth-order valence-corrected chi connectivity index (χ4v) is 5.59. The van der Waals surface area contributed by atoms with Crippen molar-refractivity contribution in [3.05, 3.63) is 112 Å². The molecule has 0 heterocycles. The predicted octanol–water partition coefficient (Wildman–Crippen LogP) is 8.88. The van der Waals surface area contributed by atoms with Crippen LogP contribution in [0.4, 0.5) is 0 Å². The number of benzene rings is 3. The lowest BCUT2D eigenvalue weighted by atomic mass is 9.69. The van der Waals surface area contributed by atoms with Gasteiger partial charge in [0.25, 0.3) is 0 Å². The topological polar surface area (TPSA) is 0 Å². The van der Waals surface area contributed by atoms with Crippen LogP contribution < -0.4 is 0 Å². The summed E-state index contributed by atoms with van der Waals surface area (Å²) in [5, 5.41) is 0. The predicted molar refractivity (Wildman–Crippen MR) is 144 cm³/mol. The second kappa shape index (κ2) is 8.98. The Labute approximate surface area is 201 Å². The third kappa shape index (κ3) is 5.01. The van der Waals surface area contributed by atoms with Gasteiger partial charge in [0.15, 0.2) is 0 Å². The first-order valence-corrected chi connectivity index (χ1v) is 12.5. The van der Waals surface area contributed by atoms with Crippen LogP contribution in [-0.4, -0.2) is 0 Å². The van der Waals surface area contributed by atoms with Crippen molar-refractivity contribution < 1.29 is 0 Å². The molecule has 0 saturated carbocycles. The number of allylic oxidation sites excluding steroid dienone is 2. The van der Waals surface area contributed by atoms with Crippen LogP contribution in [0.2, 0.25) is 0 Å². The van der Waals surface area contributed by atoms with Crippen molar-refractivity contribution in [1.82, 2.24) is 0 Å². The molecule has 0 N–H and O–H groups in total. The third-order valence-electron chi connectivity index (χ3n) is 7.31. The highest BCUT2D eigenvalue weighted by atomic mass is 14.4. The molecule has 0 amide bonds. The first kappa shape index (κ1) is 23.6. The van der Waals surface area contributed by atoms with Crippen LogP contribution in [0.5, 0.6) is 0 Å². The first-order chi connectivity index (χ1) is 15.6. The SMILES string of the molecule is C[C@H]1C=C(c2ccccc2)Cc2c(C(C)(C)C)ccc(C(C)(C)C)c2CC1c1ccccc1. The van der Waals surface area contributed by atoms with Gasteiger partial charge in [0, 0.05) is 0 Å². The zero-order valence-electron chi connectivity index (χ0n) is 21.6. The summed E-state index contributed by atoms with van der Waals surface area (Å²) < 4.78 is 0. The summed E-state index contributed by atoms with van der Waals surface area (Å²) in [5.41, 5.74) is 10.6. The lowest BCUT2D eigenvalue weighted by Crippen LogP contribution is -2.25. The van der Waals surface area contributed by atoms with Crippen LogP contribution in [0.25, 0.3) is 5.57 Å². The number of hydrogen-bond donors (Lipinski definition) is 0. The Hall–Kier alpha value is -2.60. The Kier molecular flexibility index (Phi) is 6.41. The van der Waals surface area contributed by atoms with Crippen LogP contribution in [0, 0.1) is 5.92 Å². The maximum Gasteiger partial charge on any atom is -0.00171 e. The molecule has 172 valence electrons. The minimum absolute atomic E-state index is 0.107. The quantitative estimate of drug-likeness (QED) is 0.376. The molecule has 33 heavy (non-hydrogen) atoms. The molecule has 3 aromatic carbocycles. The van der Waals surface area contributed by atoms with Crippen LogP contribution in [0.3, 0.4) is 0 Å². The molecule has 0 spiro atoms. The Morgan fingerprint density at radius 2 is 1.15 bits per heavy atom. The molecule has 1 unspecified atom stereocenters. The van der Waals surface area contributed by atoms with Crippen LogP contribution >= 0.6 is 0 Å². The van der Waals surface area contributed by atoms with E-state index in [0.29, 0.717) is 11.8 Å². The lowest BCUT2D eigenvalue weighted by Gasteiger charge is -2.35. The van der Waals surface area contributed by atoms with Gasteiger partial charge in [-0.25, -0.2) is 0 Å². The van der Waals surface area contributed by atoms with Crippen LogP contribution in [-0.2, 0) is 23.7 Å². The third-order valence-corrected chi connectivity index (χ3v) is 7.31. The number of hydrogen-bond acceptors (Lipinski definition) is 0. The zero-order valence-corrected chi connectivity index (χ0v) is 21.6. The zero-order chi connectivity index (χ0) is 23.8. The fraction of sp³-hybridized carbons (Fsp3) is 0.394. The van der Waals surface area contributed by atoms with Gasteiger partial charge in [-0.1, -0.05) is 127 Å². The van der Waals surface area contributed by atoms with Gasteiger partial charge in [-0.15, -0.1) is 0 Å². The summed E-state index contributed by atoms with van der Waals surface area (Å²) in [5.74, 6) is 0.919. The van der Waals surface area contributed by atoms with Gasteiger partial charge in [0.05, 0.1) is 0 Å². The molecular formula is C33H40. The van der Waals surface area contributed by atoms with Crippen LogP contribution in [0.1, 0.15) is 87.8 Å². The molecule has 2 atom stereocenters. The molecular weight excluding hydrogens is 396 g/mol. The maximum absolute atomic E-state index is 2.56. The lowest BCUT2D eigenvalue weighted by molar-refractivity contribution is 0.516. The smallest absolute Gasteiger partial charge is 0.00171 e. The van der Waals surface area contributed by atoms with Gasteiger partial charge in [0.2, 0.25) is 0 Å². The second-order valence-electron chi connectivity index (χ2n) is 11.9. The van der Waals surface area contributed by atoms with Gasteiger partial charge >= 0.3 is 0 Å². The molecule has 0 nitrogen and oxygen atoms in total. The Morgan fingerprint density at radius 1 is 0.636 bits per heavy atom.